The Bertz CT molecular complexity index is 637. The smallest absolute Gasteiger partial charge is 0.184 e. The largest absolute Gasteiger partial charge is 0.367 e. The third kappa shape index (κ3) is 4.64. The molecule has 2 aromatic rings. The van der Waals surface area contributed by atoms with Crippen LogP contribution in [0.5, 0.6) is 0 Å². The van der Waals surface area contributed by atoms with Crippen LogP contribution in [0.1, 0.15) is 18.1 Å². The highest BCUT2D eigenvalue weighted by Gasteiger charge is 2.45. The Balaban J connectivity index is 1.67. The van der Waals surface area contributed by atoms with Crippen LogP contribution in [-0.4, -0.2) is 35.9 Å². The summed E-state index contributed by atoms with van der Waals surface area (Å²) >= 11 is 0. The van der Waals surface area contributed by atoms with Gasteiger partial charge in [0.05, 0.1) is 19.3 Å². The predicted molar refractivity (Wildman–Crippen MR) is 91.5 cm³/mol. The molecule has 1 aliphatic rings. The number of rotatable bonds is 6. The first kappa shape index (κ1) is 18.0. The number of benzene rings is 2. The van der Waals surface area contributed by atoms with Gasteiger partial charge in [-0.05, 0) is 18.1 Å². The lowest BCUT2D eigenvalue weighted by Crippen LogP contribution is -2.56. The van der Waals surface area contributed by atoms with Crippen LogP contribution in [-0.2, 0) is 27.4 Å². The first-order valence-electron chi connectivity index (χ1n) is 8.44. The Labute approximate surface area is 147 Å². The SMILES string of the molecule is C[C@H]1OC(O)[C@H](OCc2ccccc2)[C@@H](OCc2ccccc2)[C@@H]1F. The van der Waals surface area contributed by atoms with Crippen LogP contribution in [0.2, 0.25) is 0 Å². The van der Waals surface area contributed by atoms with Crippen molar-refractivity contribution in [3.8, 4) is 0 Å². The van der Waals surface area contributed by atoms with E-state index in [9.17, 15) is 9.50 Å². The Morgan fingerprint density at radius 2 is 1.36 bits per heavy atom. The van der Waals surface area contributed by atoms with Gasteiger partial charge in [-0.25, -0.2) is 4.39 Å². The molecule has 0 radical (unpaired) electrons. The number of alkyl halides is 1. The van der Waals surface area contributed by atoms with Gasteiger partial charge in [0.15, 0.2) is 12.5 Å². The molecule has 1 fully saturated rings. The summed E-state index contributed by atoms with van der Waals surface area (Å²) in [5.74, 6) is 0. The highest BCUT2D eigenvalue weighted by molar-refractivity contribution is 5.14. The zero-order chi connectivity index (χ0) is 17.6. The average molecular weight is 346 g/mol. The van der Waals surface area contributed by atoms with E-state index in [1.165, 1.54) is 0 Å². The zero-order valence-electron chi connectivity index (χ0n) is 14.1. The fourth-order valence-electron chi connectivity index (χ4n) is 2.88. The van der Waals surface area contributed by atoms with Crippen molar-refractivity contribution < 1.29 is 23.7 Å². The molecule has 0 amide bonds. The van der Waals surface area contributed by atoms with E-state index in [0.717, 1.165) is 11.1 Å². The fraction of sp³-hybridized carbons (Fsp3) is 0.400. The molecule has 0 spiro atoms. The molecular weight excluding hydrogens is 323 g/mol. The summed E-state index contributed by atoms with van der Waals surface area (Å²) in [5, 5.41) is 10.2. The molecule has 0 saturated carbocycles. The van der Waals surface area contributed by atoms with Crippen molar-refractivity contribution in [1.29, 1.82) is 0 Å². The molecule has 1 unspecified atom stereocenters. The molecule has 2 aromatic carbocycles. The average Bonchev–Trinajstić information content (AvgIpc) is 2.64. The zero-order valence-corrected chi connectivity index (χ0v) is 14.1. The van der Waals surface area contributed by atoms with Gasteiger partial charge in [-0.3, -0.25) is 0 Å². The normalized spacial score (nSPS) is 29.5. The maximum Gasteiger partial charge on any atom is 0.184 e. The summed E-state index contributed by atoms with van der Waals surface area (Å²) < 4.78 is 31.5. The van der Waals surface area contributed by atoms with Gasteiger partial charge in [-0.1, -0.05) is 60.7 Å². The summed E-state index contributed by atoms with van der Waals surface area (Å²) in [7, 11) is 0. The molecule has 3 rings (SSSR count). The van der Waals surface area contributed by atoms with Crippen LogP contribution < -0.4 is 0 Å². The minimum absolute atomic E-state index is 0.247. The van der Waals surface area contributed by atoms with Crippen molar-refractivity contribution in [2.45, 2.75) is 50.9 Å². The van der Waals surface area contributed by atoms with E-state index in [-0.39, 0.29) is 13.2 Å². The van der Waals surface area contributed by atoms with Gasteiger partial charge in [-0.15, -0.1) is 0 Å². The lowest BCUT2D eigenvalue weighted by atomic mass is 10.0. The Morgan fingerprint density at radius 1 is 0.880 bits per heavy atom. The lowest BCUT2D eigenvalue weighted by molar-refractivity contribution is -0.289. The van der Waals surface area contributed by atoms with Crippen molar-refractivity contribution >= 4 is 0 Å². The number of aliphatic hydroxyl groups excluding tert-OH is 1. The van der Waals surface area contributed by atoms with Crippen molar-refractivity contribution in [1.82, 2.24) is 0 Å². The van der Waals surface area contributed by atoms with E-state index in [0.29, 0.717) is 0 Å². The van der Waals surface area contributed by atoms with E-state index in [4.69, 9.17) is 14.2 Å². The lowest BCUT2D eigenvalue weighted by Gasteiger charge is -2.40. The third-order valence-electron chi connectivity index (χ3n) is 4.29. The quantitative estimate of drug-likeness (QED) is 0.872. The van der Waals surface area contributed by atoms with Crippen molar-refractivity contribution in [2.24, 2.45) is 0 Å². The number of hydrogen-bond donors (Lipinski definition) is 1. The monoisotopic (exact) mass is 346 g/mol. The van der Waals surface area contributed by atoms with Crippen molar-refractivity contribution in [3.05, 3.63) is 71.8 Å². The minimum atomic E-state index is -1.38. The molecule has 1 N–H and O–H groups in total. The van der Waals surface area contributed by atoms with E-state index >= 15 is 0 Å². The molecule has 134 valence electrons. The third-order valence-corrected chi connectivity index (χ3v) is 4.29. The van der Waals surface area contributed by atoms with Crippen LogP contribution in [0, 0.1) is 0 Å². The van der Waals surface area contributed by atoms with Crippen LogP contribution in [0.15, 0.2) is 60.7 Å². The van der Waals surface area contributed by atoms with E-state index in [1.807, 2.05) is 60.7 Å². The summed E-state index contributed by atoms with van der Waals surface area (Å²) in [5.41, 5.74) is 1.87. The first-order valence-corrected chi connectivity index (χ1v) is 8.44. The van der Waals surface area contributed by atoms with Crippen LogP contribution >= 0.6 is 0 Å². The van der Waals surface area contributed by atoms with Crippen molar-refractivity contribution in [3.63, 3.8) is 0 Å². The predicted octanol–water partition coefficient (Wildman–Crippen LogP) is 3.23. The second kappa shape index (κ2) is 8.54. The van der Waals surface area contributed by atoms with Gasteiger partial charge in [-0.2, -0.15) is 0 Å². The van der Waals surface area contributed by atoms with Crippen LogP contribution in [0.4, 0.5) is 4.39 Å². The van der Waals surface area contributed by atoms with Gasteiger partial charge in [0.1, 0.15) is 12.2 Å². The molecule has 0 aromatic heterocycles. The molecule has 1 aliphatic heterocycles. The molecular formula is C20H23FO4. The van der Waals surface area contributed by atoms with Gasteiger partial charge in [0, 0.05) is 0 Å². The van der Waals surface area contributed by atoms with Gasteiger partial charge < -0.3 is 19.3 Å². The molecule has 4 nitrogen and oxygen atoms in total. The second-order valence-corrected chi connectivity index (χ2v) is 6.20. The summed E-state index contributed by atoms with van der Waals surface area (Å²) in [6, 6.07) is 19.1. The fourth-order valence-corrected chi connectivity index (χ4v) is 2.88. The number of halogens is 1. The van der Waals surface area contributed by atoms with Gasteiger partial charge in [0.25, 0.3) is 0 Å². The van der Waals surface area contributed by atoms with Crippen LogP contribution in [0.25, 0.3) is 0 Å². The Hall–Kier alpha value is -1.79. The molecule has 5 heteroatoms. The minimum Gasteiger partial charge on any atom is -0.367 e. The molecule has 0 bridgehead atoms. The molecule has 1 saturated heterocycles. The molecule has 25 heavy (non-hydrogen) atoms. The highest BCUT2D eigenvalue weighted by atomic mass is 19.1. The number of hydrogen-bond acceptors (Lipinski definition) is 4. The van der Waals surface area contributed by atoms with E-state index in [1.54, 1.807) is 6.92 Å². The number of ether oxygens (including phenoxy) is 3. The Kier molecular flexibility index (Phi) is 6.15. The summed E-state index contributed by atoms with van der Waals surface area (Å²) in [4.78, 5) is 0. The molecule has 0 aliphatic carbocycles. The molecule has 1 heterocycles. The maximum absolute atomic E-state index is 14.7. The Morgan fingerprint density at radius 3 is 1.88 bits per heavy atom. The van der Waals surface area contributed by atoms with E-state index < -0.39 is 30.8 Å². The van der Waals surface area contributed by atoms with E-state index in [2.05, 4.69) is 0 Å². The van der Waals surface area contributed by atoms with Gasteiger partial charge in [0.2, 0.25) is 0 Å². The van der Waals surface area contributed by atoms with Crippen molar-refractivity contribution in [2.75, 3.05) is 0 Å². The topological polar surface area (TPSA) is 47.9 Å². The van der Waals surface area contributed by atoms with Gasteiger partial charge >= 0.3 is 0 Å². The summed E-state index contributed by atoms with van der Waals surface area (Å²) in [6.45, 7) is 2.08. The second-order valence-electron chi connectivity index (χ2n) is 6.20. The first-order chi connectivity index (χ1) is 12.1. The number of aliphatic hydroxyl groups is 1. The summed E-state index contributed by atoms with van der Waals surface area (Å²) in [6.07, 6.45) is -5.16. The molecule has 5 atom stereocenters. The standard InChI is InChI=1S/C20H23FO4/c1-14-17(21)18(23-12-15-8-4-2-5-9-15)19(20(22)25-14)24-13-16-10-6-3-7-11-16/h2-11,14,17-20,22H,12-13H2,1H3/t14-,17-,18+,19-,20?/m1/s1. The van der Waals surface area contributed by atoms with Crippen LogP contribution in [0.3, 0.4) is 0 Å². The maximum atomic E-state index is 14.7. The highest BCUT2D eigenvalue weighted by Crippen LogP contribution is 2.28.